The topological polar surface area (TPSA) is 23.8 Å². The summed E-state index contributed by atoms with van der Waals surface area (Å²) in [7, 11) is 0. The van der Waals surface area contributed by atoms with E-state index in [2.05, 4.69) is 179 Å². The lowest BCUT2D eigenvalue weighted by Gasteiger charge is -2.35. The highest BCUT2D eigenvalue weighted by molar-refractivity contribution is 5.92. The molecule has 0 spiro atoms. The van der Waals surface area contributed by atoms with Gasteiger partial charge >= 0.3 is 0 Å². The average Bonchev–Trinajstić information content (AvgIpc) is 3.51. The Hall–Kier alpha value is -5.97. The van der Waals surface area contributed by atoms with Gasteiger partial charge in [-0.2, -0.15) is 5.26 Å². The van der Waals surface area contributed by atoms with Crippen LogP contribution in [0.3, 0.4) is 0 Å². The molecule has 1 nitrogen and oxygen atoms in total. The lowest BCUT2D eigenvalue weighted by molar-refractivity contribution is 0.592. The fraction of sp³-hybridized carbons (Fsp3) is 0.204. The Morgan fingerprint density at radius 1 is 0.709 bits per heavy atom. The highest BCUT2D eigenvalue weighted by atomic mass is 14.5. The van der Waals surface area contributed by atoms with Crippen molar-refractivity contribution in [2.75, 3.05) is 0 Å². The molecule has 270 valence electrons. The van der Waals surface area contributed by atoms with Crippen LogP contribution in [-0.4, -0.2) is 0 Å². The van der Waals surface area contributed by atoms with E-state index in [1.165, 1.54) is 83.1 Å². The summed E-state index contributed by atoms with van der Waals surface area (Å²) >= 11 is 0. The number of unbranched alkanes of at least 4 members (excludes halogenated alkanes) is 1. The molecule has 1 heteroatoms. The Morgan fingerprint density at radius 2 is 1.33 bits per heavy atom. The Balaban J connectivity index is 1.37. The highest BCUT2D eigenvalue weighted by Gasteiger charge is 2.47. The number of hydrogen-bond donors (Lipinski definition) is 0. The van der Waals surface area contributed by atoms with Crippen LogP contribution in [0.15, 0.2) is 175 Å². The van der Waals surface area contributed by atoms with Gasteiger partial charge in [-0.05, 0) is 134 Å². The monoisotopic (exact) mass is 711 g/mol. The van der Waals surface area contributed by atoms with Gasteiger partial charge in [-0.25, -0.2) is 0 Å². The molecule has 55 heavy (non-hydrogen) atoms. The SMILES string of the molecule is C=C/C=C\C1=CC(C)(c2ccc3c(c2)-c2cc(-c4ccc5ccccc5c4)ccc2C3(c2ccc(CCC)cc2)c2ccc(CCCC#N)cc2)CC=C1C. The molecule has 0 amide bonds. The molecule has 2 atom stereocenters. The van der Waals surface area contributed by atoms with Crippen molar-refractivity contribution in [2.24, 2.45) is 0 Å². The van der Waals surface area contributed by atoms with Crippen LogP contribution in [0.25, 0.3) is 33.0 Å². The van der Waals surface area contributed by atoms with Crippen molar-refractivity contribution in [3.63, 3.8) is 0 Å². The summed E-state index contributed by atoms with van der Waals surface area (Å²) in [6.45, 7) is 10.8. The number of benzene rings is 6. The van der Waals surface area contributed by atoms with Gasteiger partial charge in [0.05, 0.1) is 11.5 Å². The smallest absolute Gasteiger partial charge is 0.0713 e. The molecule has 0 saturated heterocycles. The molecule has 2 aliphatic carbocycles. The maximum Gasteiger partial charge on any atom is 0.0713 e. The van der Waals surface area contributed by atoms with Gasteiger partial charge in [0, 0.05) is 11.8 Å². The zero-order valence-corrected chi connectivity index (χ0v) is 32.4. The summed E-state index contributed by atoms with van der Waals surface area (Å²) in [4.78, 5) is 0. The predicted molar refractivity (Wildman–Crippen MR) is 232 cm³/mol. The molecule has 2 unspecified atom stereocenters. The Bertz CT molecular complexity index is 2530. The second-order valence-electron chi connectivity index (χ2n) is 15.7. The largest absolute Gasteiger partial charge is 0.198 e. The maximum absolute atomic E-state index is 9.19. The summed E-state index contributed by atoms with van der Waals surface area (Å²) < 4.78 is 0. The molecular formula is C54H49N. The van der Waals surface area contributed by atoms with Crippen molar-refractivity contribution in [3.8, 4) is 28.3 Å². The number of hydrogen-bond acceptors (Lipinski definition) is 1. The Labute approximate surface area is 327 Å². The van der Waals surface area contributed by atoms with Gasteiger partial charge in [0.2, 0.25) is 0 Å². The van der Waals surface area contributed by atoms with Crippen LogP contribution in [0.1, 0.15) is 85.4 Å². The number of allylic oxidation sites excluding steroid dienone is 7. The van der Waals surface area contributed by atoms with E-state index in [9.17, 15) is 5.26 Å². The molecule has 2 aliphatic rings. The zero-order chi connectivity index (χ0) is 38.0. The number of aryl methyl sites for hydroxylation is 2. The number of nitrogens with zero attached hydrogens (tertiary/aromatic N) is 1. The van der Waals surface area contributed by atoms with Crippen LogP contribution in [0.5, 0.6) is 0 Å². The highest BCUT2D eigenvalue weighted by Crippen LogP contribution is 2.57. The van der Waals surface area contributed by atoms with Crippen molar-refractivity contribution < 1.29 is 0 Å². The van der Waals surface area contributed by atoms with Crippen LogP contribution in [0.4, 0.5) is 0 Å². The van der Waals surface area contributed by atoms with Crippen molar-refractivity contribution >= 4 is 10.8 Å². The number of nitriles is 1. The minimum atomic E-state index is -0.501. The molecular weight excluding hydrogens is 663 g/mol. The lowest BCUT2D eigenvalue weighted by Crippen LogP contribution is -2.29. The zero-order valence-electron chi connectivity index (χ0n) is 32.4. The molecule has 0 aliphatic heterocycles. The predicted octanol–water partition coefficient (Wildman–Crippen LogP) is 13.9. The molecule has 0 heterocycles. The minimum absolute atomic E-state index is 0.163. The van der Waals surface area contributed by atoms with Gasteiger partial charge in [-0.15, -0.1) is 0 Å². The Morgan fingerprint density at radius 3 is 2.02 bits per heavy atom. The number of fused-ring (bicyclic) bond motifs is 4. The minimum Gasteiger partial charge on any atom is -0.198 e. The second kappa shape index (κ2) is 15.0. The van der Waals surface area contributed by atoms with E-state index in [0.29, 0.717) is 6.42 Å². The number of rotatable bonds is 11. The quantitative estimate of drug-likeness (QED) is 0.0968. The van der Waals surface area contributed by atoms with Crippen LogP contribution in [0.2, 0.25) is 0 Å². The summed E-state index contributed by atoms with van der Waals surface area (Å²) in [5, 5.41) is 11.7. The average molecular weight is 712 g/mol. The lowest BCUT2D eigenvalue weighted by atomic mass is 9.66. The van der Waals surface area contributed by atoms with Gasteiger partial charge in [0.1, 0.15) is 0 Å². The normalized spacial score (nSPS) is 18.7. The van der Waals surface area contributed by atoms with Crippen molar-refractivity contribution in [3.05, 3.63) is 214 Å². The summed E-state index contributed by atoms with van der Waals surface area (Å²) in [6.07, 6.45) is 16.4. The first-order valence-corrected chi connectivity index (χ1v) is 19.9. The molecule has 6 aromatic rings. The fourth-order valence-corrected chi connectivity index (χ4v) is 9.08. The van der Waals surface area contributed by atoms with Gasteiger partial charge < -0.3 is 0 Å². The van der Waals surface area contributed by atoms with Crippen molar-refractivity contribution in [2.45, 2.75) is 70.1 Å². The van der Waals surface area contributed by atoms with E-state index in [4.69, 9.17) is 0 Å². The van der Waals surface area contributed by atoms with E-state index >= 15 is 0 Å². The molecule has 0 N–H and O–H groups in total. The summed E-state index contributed by atoms with van der Waals surface area (Å²) in [5.74, 6) is 0. The molecule has 0 aromatic heterocycles. The molecule has 6 aromatic carbocycles. The van der Waals surface area contributed by atoms with Crippen LogP contribution < -0.4 is 0 Å². The third-order valence-corrected chi connectivity index (χ3v) is 12.1. The van der Waals surface area contributed by atoms with E-state index in [1.54, 1.807) is 0 Å². The van der Waals surface area contributed by atoms with Gasteiger partial charge in [0.15, 0.2) is 0 Å². The third-order valence-electron chi connectivity index (χ3n) is 12.1. The van der Waals surface area contributed by atoms with Crippen LogP contribution in [-0.2, 0) is 23.7 Å². The van der Waals surface area contributed by atoms with Crippen LogP contribution >= 0.6 is 0 Å². The molecule has 0 radical (unpaired) electrons. The molecule has 0 saturated carbocycles. The van der Waals surface area contributed by atoms with E-state index < -0.39 is 5.41 Å². The second-order valence-corrected chi connectivity index (χ2v) is 15.7. The van der Waals surface area contributed by atoms with E-state index in [-0.39, 0.29) is 5.41 Å². The summed E-state index contributed by atoms with van der Waals surface area (Å²) in [5.41, 5.74) is 16.1. The van der Waals surface area contributed by atoms with Crippen molar-refractivity contribution in [1.29, 1.82) is 5.26 Å². The van der Waals surface area contributed by atoms with E-state index in [0.717, 1.165) is 32.1 Å². The first kappa shape index (κ1) is 36.0. The fourth-order valence-electron chi connectivity index (χ4n) is 9.08. The first-order valence-electron chi connectivity index (χ1n) is 19.9. The summed E-state index contributed by atoms with van der Waals surface area (Å²) in [6, 6.07) is 51.0. The molecule has 0 bridgehead atoms. The maximum atomic E-state index is 9.19. The van der Waals surface area contributed by atoms with Gasteiger partial charge in [0.25, 0.3) is 0 Å². The van der Waals surface area contributed by atoms with Crippen molar-refractivity contribution in [1.82, 2.24) is 0 Å². The third kappa shape index (κ3) is 6.51. The standard InChI is InChI=1S/C54H49N/c1-5-7-14-45-37-53(4,32-31-38(45)3)48-28-30-52-50(36-48)49-35-44(43-22-21-41-15-8-9-16-42(41)34-43)23-29-51(49)54(52,46-24-17-39(12-6-2)18-25-46)47-26-19-40(20-27-47)13-10-11-33-55/h5,7-9,14-31,34-37H,1,6,10-13,32H2,2-4H3/b14-7-. The Kier molecular flexibility index (Phi) is 9.86. The molecule has 0 fully saturated rings. The van der Waals surface area contributed by atoms with Gasteiger partial charge in [-0.1, -0.05) is 166 Å². The van der Waals surface area contributed by atoms with Gasteiger partial charge in [-0.3, -0.25) is 0 Å². The molecule has 8 rings (SSSR count). The first-order chi connectivity index (χ1) is 26.9. The van der Waals surface area contributed by atoms with Crippen LogP contribution in [0, 0.1) is 11.3 Å². The van der Waals surface area contributed by atoms with E-state index in [1.807, 2.05) is 12.2 Å².